The number of carbonyl (C=O) groups is 1. The fourth-order valence-electron chi connectivity index (χ4n) is 2.52. The van der Waals surface area contributed by atoms with E-state index in [2.05, 4.69) is 11.9 Å². The van der Waals surface area contributed by atoms with E-state index in [4.69, 9.17) is 4.74 Å². The Labute approximate surface area is 183 Å². The van der Waals surface area contributed by atoms with E-state index in [-0.39, 0.29) is 10.6 Å². The second kappa shape index (κ2) is 9.94. The Bertz CT molecular complexity index is 1130. The molecule has 0 unspecified atom stereocenters. The van der Waals surface area contributed by atoms with E-state index in [9.17, 15) is 21.6 Å². The van der Waals surface area contributed by atoms with E-state index in [0.717, 1.165) is 14.9 Å². The number of nitrogens with one attached hydrogen (secondary N) is 1. The molecule has 0 saturated heterocycles. The van der Waals surface area contributed by atoms with Crippen LogP contribution in [-0.4, -0.2) is 60.6 Å². The molecule has 0 heterocycles. The average molecular weight is 468 g/mol. The van der Waals surface area contributed by atoms with E-state index in [1.807, 2.05) is 0 Å². The van der Waals surface area contributed by atoms with Crippen molar-refractivity contribution < 1.29 is 26.4 Å². The predicted molar refractivity (Wildman–Crippen MR) is 120 cm³/mol. The molecule has 2 rings (SSSR count). The summed E-state index contributed by atoms with van der Waals surface area (Å²) in [4.78, 5) is 12.5. The minimum absolute atomic E-state index is 0.0120. The van der Waals surface area contributed by atoms with Crippen molar-refractivity contribution in [1.29, 1.82) is 0 Å². The zero-order valence-corrected chi connectivity index (χ0v) is 19.1. The van der Waals surface area contributed by atoms with Crippen molar-refractivity contribution in [2.24, 2.45) is 0 Å². The van der Waals surface area contributed by atoms with Gasteiger partial charge in [0.15, 0.2) is 0 Å². The first-order valence-electron chi connectivity index (χ1n) is 9.09. The normalized spacial score (nSPS) is 11.7. The van der Waals surface area contributed by atoms with Gasteiger partial charge in [-0.25, -0.2) is 21.1 Å². The zero-order chi connectivity index (χ0) is 23.2. The first-order chi connectivity index (χ1) is 14.4. The average Bonchev–Trinajstić information content (AvgIpc) is 2.70. The number of ether oxygens (including phenoxy) is 1. The molecule has 0 saturated carbocycles. The van der Waals surface area contributed by atoms with E-state index in [1.54, 1.807) is 30.3 Å². The van der Waals surface area contributed by atoms with Gasteiger partial charge in [0, 0.05) is 19.8 Å². The number of benzene rings is 2. The number of hydrogen-bond donors (Lipinski definition) is 1. The largest absolute Gasteiger partial charge is 0.490 e. The standard InChI is InChI=1S/C20H25N3O6S2/c1-5-14-29-18-10-6-16(7-11-18)21-20(24)15-23(30(4,25)26)17-8-12-19(13-9-17)31(27,28)22(2)3/h5-13H,1,14-15H2,2-4H3,(H,21,24). The summed E-state index contributed by atoms with van der Waals surface area (Å²) in [5.41, 5.74) is 0.639. The first-order valence-corrected chi connectivity index (χ1v) is 12.4. The minimum Gasteiger partial charge on any atom is -0.490 e. The maximum atomic E-state index is 12.5. The van der Waals surface area contributed by atoms with Gasteiger partial charge in [-0.2, -0.15) is 0 Å². The van der Waals surface area contributed by atoms with E-state index < -0.39 is 32.5 Å². The molecule has 0 aliphatic carbocycles. The third-order valence-electron chi connectivity index (χ3n) is 4.10. The van der Waals surface area contributed by atoms with Crippen LogP contribution in [0.15, 0.2) is 66.1 Å². The molecule has 0 aliphatic rings. The minimum atomic E-state index is -3.80. The summed E-state index contributed by atoms with van der Waals surface area (Å²) in [6.45, 7) is 3.43. The van der Waals surface area contributed by atoms with Gasteiger partial charge in [-0.1, -0.05) is 12.7 Å². The van der Waals surface area contributed by atoms with Gasteiger partial charge in [0.2, 0.25) is 26.0 Å². The van der Waals surface area contributed by atoms with E-state index >= 15 is 0 Å². The van der Waals surface area contributed by atoms with Crippen LogP contribution < -0.4 is 14.4 Å². The first kappa shape index (κ1) is 24.4. The van der Waals surface area contributed by atoms with Crippen molar-refractivity contribution >= 4 is 37.3 Å². The molecule has 1 amide bonds. The second-order valence-electron chi connectivity index (χ2n) is 6.72. The molecule has 0 bridgehead atoms. The van der Waals surface area contributed by atoms with Gasteiger partial charge in [-0.3, -0.25) is 9.10 Å². The number of carbonyl (C=O) groups excluding carboxylic acids is 1. The maximum absolute atomic E-state index is 12.5. The van der Waals surface area contributed by atoms with E-state index in [0.29, 0.717) is 18.0 Å². The number of sulfonamides is 2. The molecule has 1 N–H and O–H groups in total. The maximum Gasteiger partial charge on any atom is 0.245 e. The highest BCUT2D eigenvalue weighted by Crippen LogP contribution is 2.22. The van der Waals surface area contributed by atoms with Gasteiger partial charge in [0.25, 0.3) is 0 Å². The van der Waals surface area contributed by atoms with Gasteiger partial charge in [-0.05, 0) is 48.5 Å². The molecular formula is C20H25N3O6S2. The lowest BCUT2D eigenvalue weighted by molar-refractivity contribution is -0.114. The summed E-state index contributed by atoms with van der Waals surface area (Å²) < 4.78 is 56.2. The van der Waals surface area contributed by atoms with Crippen molar-refractivity contribution in [2.75, 3.05) is 43.1 Å². The Morgan fingerprint density at radius 3 is 2.10 bits per heavy atom. The van der Waals surface area contributed by atoms with Crippen molar-refractivity contribution in [3.8, 4) is 5.75 Å². The molecule has 0 fully saturated rings. The Morgan fingerprint density at radius 2 is 1.61 bits per heavy atom. The lowest BCUT2D eigenvalue weighted by Gasteiger charge is -2.22. The van der Waals surface area contributed by atoms with Crippen LogP contribution in [0.2, 0.25) is 0 Å². The highest BCUT2D eigenvalue weighted by molar-refractivity contribution is 7.92. The molecule has 9 nitrogen and oxygen atoms in total. The van der Waals surface area contributed by atoms with E-state index in [1.165, 1.54) is 38.4 Å². The van der Waals surface area contributed by atoms with Gasteiger partial charge in [-0.15, -0.1) is 0 Å². The fourth-order valence-corrected chi connectivity index (χ4v) is 4.27. The monoisotopic (exact) mass is 467 g/mol. The van der Waals surface area contributed by atoms with Gasteiger partial charge in [0.05, 0.1) is 16.8 Å². The lowest BCUT2D eigenvalue weighted by Crippen LogP contribution is -2.37. The summed E-state index contributed by atoms with van der Waals surface area (Å²) in [6.07, 6.45) is 2.58. The van der Waals surface area contributed by atoms with Crippen molar-refractivity contribution in [1.82, 2.24) is 4.31 Å². The number of rotatable bonds is 10. The summed E-state index contributed by atoms with van der Waals surface area (Å²) in [5, 5.41) is 2.62. The summed E-state index contributed by atoms with van der Waals surface area (Å²) in [5.74, 6) is 0.0404. The zero-order valence-electron chi connectivity index (χ0n) is 17.5. The molecule has 11 heteroatoms. The Balaban J connectivity index is 2.17. The molecule has 168 valence electrons. The van der Waals surface area contributed by atoms with Crippen LogP contribution in [0.25, 0.3) is 0 Å². The smallest absolute Gasteiger partial charge is 0.245 e. The Kier molecular flexibility index (Phi) is 7.82. The molecule has 0 spiro atoms. The molecule has 0 aromatic heterocycles. The molecule has 2 aromatic rings. The fraction of sp³-hybridized carbons (Fsp3) is 0.250. The summed E-state index contributed by atoms with van der Waals surface area (Å²) in [6, 6.07) is 11.9. The van der Waals surface area contributed by atoms with Crippen molar-refractivity contribution in [3.05, 3.63) is 61.2 Å². The van der Waals surface area contributed by atoms with Crippen LogP contribution in [0.3, 0.4) is 0 Å². The predicted octanol–water partition coefficient (Wildman–Crippen LogP) is 1.91. The third kappa shape index (κ3) is 6.54. The number of hydrogen-bond acceptors (Lipinski definition) is 6. The number of anilines is 2. The SMILES string of the molecule is C=CCOc1ccc(NC(=O)CN(c2ccc(S(=O)(=O)N(C)C)cc2)S(C)(=O)=O)cc1. The van der Waals surface area contributed by atoms with Crippen LogP contribution in [0.1, 0.15) is 0 Å². The third-order valence-corrected chi connectivity index (χ3v) is 7.07. The lowest BCUT2D eigenvalue weighted by atomic mass is 10.3. The summed E-state index contributed by atoms with van der Waals surface area (Å²) >= 11 is 0. The number of amides is 1. The molecule has 0 aliphatic heterocycles. The molecule has 2 aromatic carbocycles. The molecule has 0 radical (unpaired) electrons. The highest BCUT2D eigenvalue weighted by atomic mass is 32.2. The van der Waals surface area contributed by atoms with Gasteiger partial charge in [0.1, 0.15) is 18.9 Å². The second-order valence-corrected chi connectivity index (χ2v) is 10.8. The van der Waals surface area contributed by atoms with Crippen LogP contribution in [0.4, 0.5) is 11.4 Å². The van der Waals surface area contributed by atoms with Crippen molar-refractivity contribution in [2.45, 2.75) is 4.90 Å². The molecular weight excluding hydrogens is 442 g/mol. The topological polar surface area (TPSA) is 113 Å². The Hall–Kier alpha value is -2.89. The molecule has 0 atom stereocenters. The summed E-state index contributed by atoms with van der Waals surface area (Å²) in [7, 11) is -4.67. The number of nitrogens with zero attached hydrogens (tertiary/aromatic N) is 2. The van der Waals surface area contributed by atoms with Gasteiger partial charge < -0.3 is 10.1 Å². The van der Waals surface area contributed by atoms with Crippen LogP contribution in [0, 0.1) is 0 Å². The van der Waals surface area contributed by atoms with Crippen LogP contribution in [0.5, 0.6) is 5.75 Å². The van der Waals surface area contributed by atoms with Crippen LogP contribution in [-0.2, 0) is 24.8 Å². The van der Waals surface area contributed by atoms with Crippen molar-refractivity contribution in [3.63, 3.8) is 0 Å². The van der Waals surface area contributed by atoms with Crippen LogP contribution >= 0.6 is 0 Å². The van der Waals surface area contributed by atoms with Gasteiger partial charge >= 0.3 is 0 Å². The highest BCUT2D eigenvalue weighted by Gasteiger charge is 2.23. The quantitative estimate of drug-likeness (QED) is 0.534. The molecule has 31 heavy (non-hydrogen) atoms. The Morgan fingerprint density at radius 1 is 1.03 bits per heavy atom.